The Labute approximate surface area is 137 Å². The van der Waals surface area contributed by atoms with Gasteiger partial charge in [0.25, 0.3) is 0 Å². The molecule has 0 unspecified atom stereocenters. The zero-order valence-corrected chi connectivity index (χ0v) is 14.2. The molecule has 0 amide bonds. The SMILES string of the molecule is Cc1ncc(CNS(=O)(=O)c2cc(CN)c(Cl)cc2Cl)s1. The Balaban J connectivity index is 2.27. The predicted octanol–water partition coefficient (Wildman–Crippen LogP) is 2.70. The minimum absolute atomic E-state index is 0.0322. The molecule has 0 bridgehead atoms. The van der Waals surface area contributed by atoms with Crippen LogP contribution in [0.4, 0.5) is 0 Å². The number of aromatic nitrogens is 1. The molecule has 9 heteroatoms. The van der Waals surface area contributed by atoms with Gasteiger partial charge in [0.15, 0.2) is 0 Å². The van der Waals surface area contributed by atoms with Gasteiger partial charge >= 0.3 is 0 Å². The number of nitrogens with two attached hydrogens (primary N) is 1. The maximum Gasteiger partial charge on any atom is 0.242 e. The number of sulfonamides is 1. The number of hydrogen-bond donors (Lipinski definition) is 2. The maximum atomic E-state index is 12.3. The van der Waals surface area contributed by atoms with E-state index in [0.717, 1.165) is 9.88 Å². The van der Waals surface area contributed by atoms with Gasteiger partial charge in [0, 0.05) is 29.2 Å². The lowest BCUT2D eigenvalue weighted by atomic mass is 10.2. The molecule has 1 aromatic heterocycles. The van der Waals surface area contributed by atoms with Crippen LogP contribution in [0.1, 0.15) is 15.4 Å². The summed E-state index contributed by atoms with van der Waals surface area (Å²) in [5, 5.41) is 1.28. The third-order valence-corrected chi connectivity index (χ3v) is 5.85. The summed E-state index contributed by atoms with van der Waals surface area (Å²) in [5.41, 5.74) is 6.05. The fourth-order valence-corrected chi connectivity index (χ4v) is 4.37. The predicted molar refractivity (Wildman–Crippen MR) is 85.2 cm³/mol. The van der Waals surface area contributed by atoms with Gasteiger partial charge in [0.2, 0.25) is 10.0 Å². The molecule has 0 atom stereocenters. The summed E-state index contributed by atoms with van der Waals surface area (Å²) in [6, 6.07) is 2.78. The fourth-order valence-electron chi connectivity index (χ4n) is 1.66. The third kappa shape index (κ3) is 3.94. The number of benzene rings is 1. The second-order valence-electron chi connectivity index (χ2n) is 4.25. The maximum absolute atomic E-state index is 12.3. The molecule has 21 heavy (non-hydrogen) atoms. The highest BCUT2D eigenvalue weighted by Crippen LogP contribution is 2.28. The minimum atomic E-state index is -3.75. The Morgan fingerprint density at radius 1 is 1.33 bits per heavy atom. The molecule has 5 nitrogen and oxygen atoms in total. The van der Waals surface area contributed by atoms with Gasteiger partial charge in [-0.05, 0) is 24.6 Å². The van der Waals surface area contributed by atoms with Gasteiger partial charge in [-0.2, -0.15) is 0 Å². The van der Waals surface area contributed by atoms with Crippen LogP contribution >= 0.6 is 34.5 Å². The topological polar surface area (TPSA) is 85.1 Å². The second kappa shape index (κ2) is 6.60. The quantitative estimate of drug-likeness (QED) is 0.852. The smallest absolute Gasteiger partial charge is 0.242 e. The van der Waals surface area contributed by atoms with Gasteiger partial charge in [0.1, 0.15) is 4.90 Å². The average Bonchev–Trinajstić information content (AvgIpc) is 2.82. The first-order valence-corrected chi connectivity index (χ1v) is 8.98. The monoisotopic (exact) mass is 365 g/mol. The van der Waals surface area contributed by atoms with Gasteiger partial charge in [0.05, 0.1) is 10.0 Å². The standard InChI is InChI=1S/C12H13Cl2N3O2S2/c1-7-16-5-9(20-7)6-17-21(18,19)12-2-8(4-15)10(13)3-11(12)14/h2-3,5,17H,4,6,15H2,1H3. The second-order valence-corrected chi connectivity index (χ2v) is 8.12. The van der Waals surface area contributed by atoms with E-state index in [1.54, 1.807) is 6.20 Å². The van der Waals surface area contributed by atoms with Crippen LogP contribution in [0.3, 0.4) is 0 Å². The van der Waals surface area contributed by atoms with E-state index >= 15 is 0 Å². The minimum Gasteiger partial charge on any atom is -0.326 e. The van der Waals surface area contributed by atoms with Crippen molar-refractivity contribution in [2.45, 2.75) is 24.9 Å². The van der Waals surface area contributed by atoms with Crippen LogP contribution in [0.25, 0.3) is 0 Å². The van der Waals surface area contributed by atoms with E-state index in [2.05, 4.69) is 9.71 Å². The Bertz CT molecular complexity index is 760. The zero-order valence-electron chi connectivity index (χ0n) is 11.1. The Hall–Kier alpha value is -0.700. The molecule has 0 saturated heterocycles. The third-order valence-electron chi connectivity index (χ3n) is 2.72. The van der Waals surface area contributed by atoms with Crippen molar-refractivity contribution in [1.82, 2.24) is 9.71 Å². The van der Waals surface area contributed by atoms with Gasteiger partial charge in [-0.3, -0.25) is 0 Å². The molecule has 0 aliphatic carbocycles. The van der Waals surface area contributed by atoms with Crippen molar-refractivity contribution in [3.8, 4) is 0 Å². The highest BCUT2D eigenvalue weighted by atomic mass is 35.5. The molecule has 1 aromatic carbocycles. The van der Waals surface area contributed by atoms with E-state index in [1.165, 1.54) is 23.5 Å². The largest absolute Gasteiger partial charge is 0.326 e. The summed E-state index contributed by atoms with van der Waals surface area (Å²) < 4.78 is 27.1. The summed E-state index contributed by atoms with van der Waals surface area (Å²) in [6.07, 6.45) is 1.64. The van der Waals surface area contributed by atoms with E-state index < -0.39 is 10.0 Å². The highest BCUT2D eigenvalue weighted by Gasteiger charge is 2.20. The van der Waals surface area contributed by atoms with Gasteiger partial charge in [-0.25, -0.2) is 18.1 Å². The van der Waals surface area contributed by atoms with Crippen LogP contribution in [0, 0.1) is 6.92 Å². The lowest BCUT2D eigenvalue weighted by Gasteiger charge is -2.10. The van der Waals surface area contributed by atoms with Crippen LogP contribution in [0.2, 0.25) is 10.0 Å². The van der Waals surface area contributed by atoms with Crippen LogP contribution in [0.5, 0.6) is 0 Å². The molecule has 0 fully saturated rings. The van der Waals surface area contributed by atoms with Crippen molar-refractivity contribution in [2.24, 2.45) is 5.73 Å². The average molecular weight is 366 g/mol. The first-order valence-electron chi connectivity index (χ1n) is 5.92. The van der Waals surface area contributed by atoms with Crippen molar-refractivity contribution in [3.05, 3.63) is 43.8 Å². The Morgan fingerprint density at radius 2 is 2.05 bits per heavy atom. The van der Waals surface area contributed by atoms with Crippen molar-refractivity contribution in [3.63, 3.8) is 0 Å². The molecule has 0 aliphatic rings. The van der Waals surface area contributed by atoms with E-state index in [1.807, 2.05) is 6.92 Å². The van der Waals surface area contributed by atoms with Crippen LogP contribution in [-0.2, 0) is 23.1 Å². The number of nitrogens with one attached hydrogen (secondary N) is 1. The summed E-state index contributed by atoms with van der Waals surface area (Å²) >= 11 is 13.3. The molecular weight excluding hydrogens is 353 g/mol. The number of aryl methyl sites for hydroxylation is 1. The van der Waals surface area contributed by atoms with Crippen molar-refractivity contribution in [2.75, 3.05) is 0 Å². The summed E-state index contributed by atoms with van der Waals surface area (Å²) in [4.78, 5) is 4.86. The molecule has 1 heterocycles. The molecule has 0 aliphatic heterocycles. The number of hydrogen-bond acceptors (Lipinski definition) is 5. The Morgan fingerprint density at radius 3 is 2.62 bits per heavy atom. The molecule has 0 spiro atoms. The Kier molecular flexibility index (Phi) is 5.24. The van der Waals surface area contributed by atoms with Crippen molar-refractivity contribution >= 4 is 44.6 Å². The number of nitrogens with zero attached hydrogens (tertiary/aromatic N) is 1. The van der Waals surface area contributed by atoms with Gasteiger partial charge in [-0.1, -0.05) is 23.2 Å². The zero-order chi connectivity index (χ0) is 15.6. The lowest BCUT2D eigenvalue weighted by molar-refractivity contribution is 0.581. The highest BCUT2D eigenvalue weighted by molar-refractivity contribution is 7.89. The summed E-state index contributed by atoms with van der Waals surface area (Å²) in [5.74, 6) is 0. The summed E-state index contributed by atoms with van der Waals surface area (Å²) in [6.45, 7) is 2.14. The molecule has 0 radical (unpaired) electrons. The molecule has 2 aromatic rings. The van der Waals surface area contributed by atoms with Crippen LogP contribution in [0.15, 0.2) is 23.2 Å². The van der Waals surface area contributed by atoms with Crippen molar-refractivity contribution < 1.29 is 8.42 Å². The summed E-state index contributed by atoms with van der Waals surface area (Å²) in [7, 11) is -3.75. The molecular formula is C12H13Cl2N3O2S2. The first kappa shape index (κ1) is 16.7. The molecule has 2 rings (SSSR count). The number of rotatable bonds is 5. The fraction of sp³-hybridized carbons (Fsp3) is 0.250. The number of thiazole rings is 1. The van der Waals surface area contributed by atoms with E-state index in [9.17, 15) is 8.42 Å². The lowest BCUT2D eigenvalue weighted by Crippen LogP contribution is -2.23. The van der Waals surface area contributed by atoms with Crippen LogP contribution in [-0.4, -0.2) is 13.4 Å². The van der Waals surface area contributed by atoms with Crippen LogP contribution < -0.4 is 10.5 Å². The van der Waals surface area contributed by atoms with E-state index in [-0.39, 0.29) is 23.0 Å². The molecule has 3 N–H and O–H groups in total. The van der Waals surface area contributed by atoms with Gasteiger partial charge in [-0.15, -0.1) is 11.3 Å². The molecule has 114 valence electrons. The normalized spacial score (nSPS) is 11.8. The van der Waals surface area contributed by atoms with E-state index in [0.29, 0.717) is 10.6 Å². The van der Waals surface area contributed by atoms with Crippen molar-refractivity contribution in [1.29, 1.82) is 0 Å². The van der Waals surface area contributed by atoms with E-state index in [4.69, 9.17) is 28.9 Å². The molecule has 0 saturated carbocycles. The number of halogens is 2. The first-order chi connectivity index (χ1) is 9.83. The van der Waals surface area contributed by atoms with Gasteiger partial charge < -0.3 is 5.73 Å².